The molecule has 0 amide bonds. The van der Waals surface area contributed by atoms with Crippen LogP contribution in [0, 0.1) is 13.8 Å². The van der Waals surface area contributed by atoms with Gasteiger partial charge in [-0.2, -0.15) is 6.07 Å². The summed E-state index contributed by atoms with van der Waals surface area (Å²) < 4.78 is 0. The van der Waals surface area contributed by atoms with Crippen LogP contribution in [-0.4, -0.2) is 0 Å². The first-order chi connectivity index (χ1) is 11.0. The van der Waals surface area contributed by atoms with Crippen molar-refractivity contribution >= 4 is 27.8 Å². The second kappa shape index (κ2) is 8.56. The van der Waals surface area contributed by atoms with E-state index in [1.807, 2.05) is 0 Å². The predicted octanol–water partition coefficient (Wildman–Crippen LogP) is 7.34. The van der Waals surface area contributed by atoms with Gasteiger partial charge < -0.3 is 0 Å². The molecule has 0 aliphatic carbocycles. The van der Waals surface area contributed by atoms with E-state index in [2.05, 4.69) is 76.2 Å². The van der Waals surface area contributed by atoms with Crippen LogP contribution in [0.4, 0.5) is 0 Å². The minimum absolute atomic E-state index is 0.576. The van der Waals surface area contributed by atoms with Gasteiger partial charge in [-0.05, 0) is 30.9 Å². The van der Waals surface area contributed by atoms with E-state index >= 15 is 0 Å². The van der Waals surface area contributed by atoms with Crippen LogP contribution in [0.2, 0.25) is 0 Å². The summed E-state index contributed by atoms with van der Waals surface area (Å²) in [6.45, 7) is 8.92. The number of fused-ring (bicyclic) bond motifs is 1. The molecule has 3 aromatic carbocycles. The molecule has 0 aliphatic rings. The molecule has 0 saturated carbocycles. The quantitative estimate of drug-likeness (QED) is 0.378. The van der Waals surface area contributed by atoms with E-state index in [0.29, 0.717) is 5.92 Å². The Bertz CT molecular complexity index is 787. The molecule has 0 N–H and O–H groups in total. The monoisotopic (exact) mass is 421 g/mol. The van der Waals surface area contributed by atoms with Crippen LogP contribution in [0.5, 0.6) is 0 Å². The van der Waals surface area contributed by atoms with Crippen LogP contribution in [-0.2, 0) is 20.8 Å². The fourth-order valence-electron chi connectivity index (χ4n) is 2.96. The molecular weight excluding hydrogens is 402 g/mol. The van der Waals surface area contributed by atoms with Crippen molar-refractivity contribution in [3.63, 3.8) is 0 Å². The van der Waals surface area contributed by atoms with E-state index in [4.69, 9.17) is 17.0 Å². The molecule has 0 unspecified atom stereocenters. The van der Waals surface area contributed by atoms with Gasteiger partial charge in [0.2, 0.25) is 0 Å². The molecule has 0 heterocycles. The Kier molecular flexibility index (Phi) is 7.02. The molecule has 0 radical (unpaired) electrons. The molecule has 23 heavy (non-hydrogen) atoms. The zero-order valence-electron chi connectivity index (χ0n) is 14.0. The Hall–Kier alpha value is -0.487. The molecule has 0 nitrogen and oxygen atoms in total. The molecule has 0 aromatic heterocycles. The minimum atomic E-state index is -0.826. The summed E-state index contributed by atoms with van der Waals surface area (Å²) in [5.74, 6) is 0.576. The van der Waals surface area contributed by atoms with Gasteiger partial charge in [-0.1, -0.05) is 49.2 Å². The summed E-state index contributed by atoms with van der Waals surface area (Å²) in [6.07, 6.45) is 0. The summed E-state index contributed by atoms with van der Waals surface area (Å²) in [4.78, 5) is 0. The Balaban J connectivity index is 0.000000595. The van der Waals surface area contributed by atoms with Crippen molar-refractivity contribution < 1.29 is 20.8 Å². The summed E-state index contributed by atoms with van der Waals surface area (Å²) in [6, 6.07) is 17.9. The Morgan fingerprint density at radius 2 is 1.61 bits per heavy atom. The zero-order valence-corrected chi connectivity index (χ0v) is 17.9. The van der Waals surface area contributed by atoms with Crippen molar-refractivity contribution in [2.24, 2.45) is 0 Å². The van der Waals surface area contributed by atoms with Crippen LogP contribution >= 0.6 is 17.0 Å². The SMILES string of the molecule is Cc1ccccc1-c1c(C)ccc2[cH-]c(C(C)C)cc12.[Cl][Zr][Cl]. The number of aryl methyl sites for hydroxylation is 2. The van der Waals surface area contributed by atoms with Gasteiger partial charge in [0.15, 0.2) is 0 Å². The standard InChI is InChI=1S/C20H21.2ClH.Zr/c1-13(2)17-11-16-10-9-15(4)20(19(16)12-17)18-8-6-5-7-14(18)3;;;/h5-13H,1-4H3;2*1H;/q-1;;;+2/p-2. The third kappa shape index (κ3) is 4.33. The molecule has 3 heteroatoms. The van der Waals surface area contributed by atoms with Gasteiger partial charge >= 0.3 is 37.9 Å². The molecule has 0 saturated heterocycles. The van der Waals surface area contributed by atoms with E-state index in [-0.39, 0.29) is 0 Å². The Morgan fingerprint density at radius 3 is 2.22 bits per heavy atom. The van der Waals surface area contributed by atoms with Gasteiger partial charge in [0.25, 0.3) is 0 Å². The molecule has 0 spiro atoms. The zero-order chi connectivity index (χ0) is 17.0. The van der Waals surface area contributed by atoms with Crippen LogP contribution < -0.4 is 0 Å². The number of halogens is 2. The second-order valence-electron chi connectivity index (χ2n) is 6.09. The van der Waals surface area contributed by atoms with Gasteiger partial charge in [-0.25, -0.2) is 0 Å². The Labute approximate surface area is 157 Å². The molecule has 0 bridgehead atoms. The average Bonchev–Trinajstić information content (AvgIpc) is 2.94. The maximum atomic E-state index is 4.93. The first-order valence-electron chi connectivity index (χ1n) is 7.71. The number of hydrogen-bond acceptors (Lipinski definition) is 0. The molecule has 0 atom stereocenters. The topological polar surface area (TPSA) is 0 Å². The molecule has 0 aliphatic heterocycles. The van der Waals surface area contributed by atoms with E-state index in [0.717, 1.165) is 0 Å². The molecule has 120 valence electrons. The summed E-state index contributed by atoms with van der Waals surface area (Å²) in [5, 5.41) is 2.75. The van der Waals surface area contributed by atoms with Crippen molar-refractivity contribution in [3.8, 4) is 11.1 Å². The van der Waals surface area contributed by atoms with E-state index in [9.17, 15) is 0 Å². The van der Waals surface area contributed by atoms with E-state index in [1.165, 1.54) is 38.6 Å². The fraction of sp³-hybridized carbons (Fsp3) is 0.250. The first kappa shape index (κ1) is 18.8. The van der Waals surface area contributed by atoms with Crippen LogP contribution in [0.25, 0.3) is 21.9 Å². The summed E-state index contributed by atoms with van der Waals surface area (Å²) >= 11 is -0.826. The summed E-state index contributed by atoms with van der Waals surface area (Å²) in [5.41, 5.74) is 6.88. The van der Waals surface area contributed by atoms with Gasteiger partial charge in [0.05, 0.1) is 0 Å². The number of hydrogen-bond donors (Lipinski definition) is 0. The molecule has 3 aromatic rings. The van der Waals surface area contributed by atoms with Gasteiger partial charge in [-0.15, -0.1) is 34.5 Å². The van der Waals surface area contributed by atoms with Gasteiger partial charge in [0.1, 0.15) is 0 Å². The van der Waals surface area contributed by atoms with Crippen molar-refractivity contribution in [2.45, 2.75) is 33.6 Å². The van der Waals surface area contributed by atoms with Crippen molar-refractivity contribution in [1.82, 2.24) is 0 Å². The average molecular weight is 424 g/mol. The molecular formula is C20H21Cl2Zr-. The van der Waals surface area contributed by atoms with Crippen LogP contribution in [0.1, 0.15) is 36.5 Å². The maximum absolute atomic E-state index is 4.93. The van der Waals surface area contributed by atoms with Crippen molar-refractivity contribution in [3.05, 3.63) is 65.2 Å². The first-order valence-corrected chi connectivity index (χ1v) is 14.0. The third-order valence-electron chi connectivity index (χ3n) is 4.20. The fourth-order valence-corrected chi connectivity index (χ4v) is 2.96. The third-order valence-corrected chi connectivity index (χ3v) is 4.20. The predicted molar refractivity (Wildman–Crippen MR) is 100 cm³/mol. The van der Waals surface area contributed by atoms with Crippen LogP contribution in [0.15, 0.2) is 48.5 Å². The second-order valence-corrected chi connectivity index (χ2v) is 9.82. The van der Waals surface area contributed by atoms with Crippen LogP contribution in [0.3, 0.4) is 0 Å². The molecule has 0 fully saturated rings. The number of rotatable bonds is 2. The van der Waals surface area contributed by atoms with Crippen molar-refractivity contribution in [2.75, 3.05) is 0 Å². The normalized spacial score (nSPS) is 10.6. The van der Waals surface area contributed by atoms with Gasteiger partial charge in [-0.3, -0.25) is 0 Å². The Morgan fingerprint density at radius 1 is 0.957 bits per heavy atom. The number of benzene rings is 2. The molecule has 3 rings (SSSR count). The summed E-state index contributed by atoms with van der Waals surface area (Å²) in [7, 11) is 9.87. The van der Waals surface area contributed by atoms with Gasteiger partial charge in [0, 0.05) is 0 Å². The van der Waals surface area contributed by atoms with E-state index in [1.54, 1.807) is 0 Å². The van der Waals surface area contributed by atoms with Crippen molar-refractivity contribution in [1.29, 1.82) is 0 Å². The van der Waals surface area contributed by atoms with E-state index < -0.39 is 20.8 Å².